The van der Waals surface area contributed by atoms with E-state index >= 15 is 0 Å². The molecule has 3 heterocycles. The molecule has 0 bridgehead atoms. The number of carbonyl (C=O) groups is 1. The number of benzene rings is 1. The van der Waals surface area contributed by atoms with Crippen molar-refractivity contribution < 1.29 is 9.53 Å². The minimum Gasteiger partial charge on any atom is -0.454 e. The first-order valence-corrected chi connectivity index (χ1v) is 13.2. The van der Waals surface area contributed by atoms with Crippen LogP contribution >= 0.6 is 0 Å². The van der Waals surface area contributed by atoms with Crippen LogP contribution in [0, 0.1) is 0 Å². The number of piperazine rings is 1. The Bertz CT molecular complexity index is 837. The van der Waals surface area contributed by atoms with Gasteiger partial charge in [0, 0.05) is 25.7 Å². The lowest BCUT2D eigenvalue weighted by atomic mass is 9.93. The Morgan fingerprint density at radius 2 is 1.85 bits per heavy atom. The predicted molar refractivity (Wildman–Crippen MR) is 137 cm³/mol. The van der Waals surface area contributed by atoms with E-state index in [1.807, 2.05) is 23.1 Å². The van der Waals surface area contributed by atoms with Crippen LogP contribution < -0.4 is 5.73 Å². The lowest BCUT2D eigenvalue weighted by molar-refractivity contribution is -0.136. The minimum atomic E-state index is -0.406. The molecule has 3 aliphatic heterocycles. The number of amidine groups is 1. The lowest BCUT2D eigenvalue weighted by Gasteiger charge is -2.41. The smallest absolute Gasteiger partial charge is 0.288 e. The summed E-state index contributed by atoms with van der Waals surface area (Å²) >= 11 is 0. The van der Waals surface area contributed by atoms with Crippen LogP contribution in [0.2, 0.25) is 0 Å². The number of carbonyl (C=O) groups excluding carboxylic acids is 1. The molecule has 7 nitrogen and oxygen atoms in total. The Balaban J connectivity index is 1.24. The van der Waals surface area contributed by atoms with Crippen molar-refractivity contribution >= 4 is 11.9 Å². The van der Waals surface area contributed by atoms with Crippen molar-refractivity contribution in [2.75, 3.05) is 39.3 Å². The number of likely N-dealkylation sites (tertiary alicyclic amines) is 1. The number of rotatable bonds is 7. The molecular formula is C27H43N5O2. The fourth-order valence-corrected chi connectivity index (χ4v) is 5.51. The number of unbranched alkanes of at least 4 members (excludes halogenated alkanes) is 1. The molecule has 7 heteroatoms. The number of amides is 1. The summed E-state index contributed by atoms with van der Waals surface area (Å²) in [7, 11) is 0. The number of ether oxygens (including phenoxy) is 1. The van der Waals surface area contributed by atoms with Gasteiger partial charge in [0.1, 0.15) is 5.54 Å². The molecule has 0 aliphatic carbocycles. The Morgan fingerprint density at radius 3 is 2.56 bits per heavy atom. The SMILES string of the molecule is C[C@@H]1CN(C2=NC(C)(C)C(c3ccccc3)O2)CCN1C(=O)[C@H](N)CCCCN1CCCCC1. The van der Waals surface area contributed by atoms with Gasteiger partial charge in [-0.1, -0.05) is 43.2 Å². The molecule has 0 spiro atoms. The third kappa shape index (κ3) is 5.92. The second kappa shape index (κ2) is 11.1. The molecule has 1 aromatic rings. The van der Waals surface area contributed by atoms with Crippen LogP contribution in [0.1, 0.15) is 71.0 Å². The first-order chi connectivity index (χ1) is 16.3. The van der Waals surface area contributed by atoms with Gasteiger partial charge >= 0.3 is 0 Å². The van der Waals surface area contributed by atoms with E-state index in [1.54, 1.807) is 0 Å². The number of hydrogen-bond acceptors (Lipinski definition) is 6. The van der Waals surface area contributed by atoms with Gasteiger partial charge in [0.05, 0.1) is 6.04 Å². The molecule has 4 rings (SSSR count). The minimum absolute atomic E-state index is 0.0748. The van der Waals surface area contributed by atoms with Crippen LogP contribution in [-0.2, 0) is 9.53 Å². The fraction of sp³-hybridized carbons (Fsp3) is 0.704. The second-order valence-electron chi connectivity index (χ2n) is 10.8. The number of nitrogens with zero attached hydrogens (tertiary/aromatic N) is 4. The quantitative estimate of drug-likeness (QED) is 0.620. The Labute approximate surface area is 205 Å². The monoisotopic (exact) mass is 469 g/mol. The molecule has 0 aromatic heterocycles. The van der Waals surface area contributed by atoms with Crippen molar-refractivity contribution in [2.24, 2.45) is 10.7 Å². The molecule has 34 heavy (non-hydrogen) atoms. The average molecular weight is 470 g/mol. The first kappa shape index (κ1) is 25.0. The molecule has 2 fully saturated rings. The summed E-state index contributed by atoms with van der Waals surface area (Å²) in [6, 6.07) is 10.6. The number of piperidine rings is 1. The third-order valence-electron chi connectivity index (χ3n) is 7.54. The second-order valence-corrected chi connectivity index (χ2v) is 10.8. The van der Waals surface area contributed by atoms with Crippen molar-refractivity contribution in [3.05, 3.63) is 35.9 Å². The van der Waals surface area contributed by atoms with E-state index in [2.05, 4.69) is 42.7 Å². The highest BCUT2D eigenvalue weighted by atomic mass is 16.5. The summed E-state index contributed by atoms with van der Waals surface area (Å²) < 4.78 is 6.35. The van der Waals surface area contributed by atoms with Crippen molar-refractivity contribution in [1.82, 2.24) is 14.7 Å². The molecule has 3 atom stereocenters. The van der Waals surface area contributed by atoms with Crippen LogP contribution in [0.3, 0.4) is 0 Å². The van der Waals surface area contributed by atoms with E-state index in [1.165, 1.54) is 32.4 Å². The highest BCUT2D eigenvalue weighted by Crippen LogP contribution is 2.38. The average Bonchev–Trinajstić information content (AvgIpc) is 3.17. The van der Waals surface area contributed by atoms with Gasteiger partial charge in [0.2, 0.25) is 5.91 Å². The van der Waals surface area contributed by atoms with Crippen LogP contribution in [0.25, 0.3) is 0 Å². The molecule has 1 aromatic carbocycles. The molecule has 0 saturated carbocycles. The largest absolute Gasteiger partial charge is 0.454 e. The molecule has 2 saturated heterocycles. The van der Waals surface area contributed by atoms with Gasteiger partial charge < -0.3 is 25.2 Å². The van der Waals surface area contributed by atoms with Crippen molar-refractivity contribution in [2.45, 2.75) is 83.0 Å². The number of aliphatic imine (C=N–C) groups is 1. The summed E-state index contributed by atoms with van der Waals surface area (Å²) in [5, 5.41) is 0. The molecule has 0 radical (unpaired) electrons. The van der Waals surface area contributed by atoms with Gasteiger partial charge in [-0.25, -0.2) is 4.99 Å². The number of hydrogen-bond donors (Lipinski definition) is 1. The summed E-state index contributed by atoms with van der Waals surface area (Å²) in [5.74, 6) is 0.0851. The van der Waals surface area contributed by atoms with Gasteiger partial charge in [-0.15, -0.1) is 0 Å². The molecule has 1 unspecified atom stereocenters. The normalized spacial score (nSPS) is 26.2. The van der Waals surface area contributed by atoms with E-state index in [4.69, 9.17) is 15.5 Å². The maximum atomic E-state index is 13.1. The fourth-order valence-electron chi connectivity index (χ4n) is 5.51. The Morgan fingerprint density at radius 1 is 1.12 bits per heavy atom. The topological polar surface area (TPSA) is 74.4 Å². The molecular weight excluding hydrogens is 426 g/mol. The molecule has 188 valence electrons. The Hall–Kier alpha value is -2.12. The maximum absolute atomic E-state index is 13.1. The van der Waals surface area contributed by atoms with Gasteiger partial charge in [-0.05, 0) is 71.7 Å². The zero-order chi connectivity index (χ0) is 24.1. The van der Waals surface area contributed by atoms with Crippen LogP contribution in [0.4, 0.5) is 0 Å². The van der Waals surface area contributed by atoms with E-state index in [0.717, 1.165) is 31.4 Å². The van der Waals surface area contributed by atoms with Crippen molar-refractivity contribution in [1.29, 1.82) is 0 Å². The van der Waals surface area contributed by atoms with Crippen molar-refractivity contribution in [3.8, 4) is 0 Å². The zero-order valence-electron chi connectivity index (χ0n) is 21.3. The zero-order valence-corrected chi connectivity index (χ0v) is 21.3. The van der Waals surface area contributed by atoms with E-state index in [-0.39, 0.29) is 23.6 Å². The van der Waals surface area contributed by atoms with E-state index in [0.29, 0.717) is 25.7 Å². The van der Waals surface area contributed by atoms with Gasteiger partial charge in [-0.2, -0.15) is 0 Å². The van der Waals surface area contributed by atoms with E-state index in [9.17, 15) is 4.79 Å². The standard InChI is InChI=1S/C27H43N5O2/c1-21-20-31(26-29-27(2,3)24(34-26)22-12-6-4-7-13-22)18-19-32(21)25(33)23(28)14-8-11-17-30-15-9-5-10-16-30/h4,6-7,12-13,21,23-24H,5,8-11,14-20,28H2,1-3H3/t21-,23-,24?/m1/s1. The van der Waals surface area contributed by atoms with Gasteiger partial charge in [0.15, 0.2) is 6.10 Å². The van der Waals surface area contributed by atoms with Crippen molar-refractivity contribution in [3.63, 3.8) is 0 Å². The summed E-state index contributed by atoms with van der Waals surface area (Å²) in [6.45, 7) is 12.0. The summed E-state index contributed by atoms with van der Waals surface area (Å²) in [4.78, 5) is 24.7. The first-order valence-electron chi connectivity index (χ1n) is 13.2. The maximum Gasteiger partial charge on any atom is 0.288 e. The highest BCUT2D eigenvalue weighted by Gasteiger charge is 2.42. The van der Waals surface area contributed by atoms with Crippen LogP contribution in [0.15, 0.2) is 35.3 Å². The number of nitrogens with two attached hydrogens (primary N) is 1. The van der Waals surface area contributed by atoms with Gasteiger partial charge in [0.25, 0.3) is 6.02 Å². The third-order valence-corrected chi connectivity index (χ3v) is 7.54. The molecule has 2 N–H and O–H groups in total. The Kier molecular flexibility index (Phi) is 8.14. The van der Waals surface area contributed by atoms with Crippen LogP contribution in [0.5, 0.6) is 0 Å². The highest BCUT2D eigenvalue weighted by molar-refractivity contribution is 5.82. The molecule has 1 amide bonds. The molecule has 3 aliphatic rings. The predicted octanol–water partition coefficient (Wildman–Crippen LogP) is 3.41. The van der Waals surface area contributed by atoms with E-state index < -0.39 is 6.04 Å². The summed E-state index contributed by atoms with van der Waals surface area (Å²) in [6.07, 6.45) is 6.82. The van der Waals surface area contributed by atoms with Crippen LogP contribution in [-0.4, -0.2) is 83.5 Å². The van der Waals surface area contributed by atoms with Gasteiger partial charge in [-0.3, -0.25) is 4.79 Å². The lowest BCUT2D eigenvalue weighted by Crippen LogP contribution is -2.58. The summed E-state index contributed by atoms with van der Waals surface area (Å²) in [5.41, 5.74) is 7.15.